The summed E-state index contributed by atoms with van der Waals surface area (Å²) in [6.45, 7) is 0. The van der Waals surface area contributed by atoms with Crippen molar-refractivity contribution in [3.63, 3.8) is 0 Å². The molecule has 0 unspecified atom stereocenters. The molecule has 2 rings (SSSR count). The maximum atomic E-state index is 12.7. The van der Waals surface area contributed by atoms with Gasteiger partial charge < -0.3 is 5.32 Å². The van der Waals surface area contributed by atoms with Gasteiger partial charge in [-0.2, -0.15) is 11.8 Å². The van der Waals surface area contributed by atoms with Crippen molar-refractivity contribution in [2.45, 2.75) is 43.8 Å². The van der Waals surface area contributed by atoms with Gasteiger partial charge in [0.1, 0.15) is 5.82 Å². The third-order valence-corrected chi connectivity index (χ3v) is 4.75. The van der Waals surface area contributed by atoms with Crippen molar-refractivity contribution in [2.24, 2.45) is 0 Å². The molecule has 1 amide bonds. The van der Waals surface area contributed by atoms with Crippen LogP contribution in [0.5, 0.6) is 0 Å². The van der Waals surface area contributed by atoms with E-state index >= 15 is 0 Å². The van der Waals surface area contributed by atoms with Gasteiger partial charge in [0.2, 0.25) is 5.91 Å². The summed E-state index contributed by atoms with van der Waals surface area (Å²) in [7, 11) is 0. The van der Waals surface area contributed by atoms with Crippen molar-refractivity contribution in [3.8, 4) is 0 Å². The van der Waals surface area contributed by atoms with Crippen LogP contribution >= 0.6 is 11.8 Å². The molecule has 1 aliphatic rings. The smallest absolute Gasteiger partial charge is 0.225 e. The molecule has 0 bridgehead atoms. The van der Waals surface area contributed by atoms with Crippen LogP contribution in [0, 0.1) is 5.82 Å². The molecule has 104 valence electrons. The van der Waals surface area contributed by atoms with Crippen LogP contribution < -0.4 is 5.32 Å². The summed E-state index contributed by atoms with van der Waals surface area (Å²) >= 11 is 1.92. The molecule has 0 atom stereocenters. The number of carbonyl (C=O) groups is 1. The molecule has 0 aromatic heterocycles. The fourth-order valence-electron chi connectivity index (χ4n) is 2.31. The SMILES string of the molecule is O=C(CCSC1CCCCC1)Nc1ccc(F)cc1. The minimum absolute atomic E-state index is 0.00918. The van der Waals surface area contributed by atoms with Crippen LogP contribution in [0.3, 0.4) is 0 Å². The highest BCUT2D eigenvalue weighted by Crippen LogP contribution is 2.28. The second-order valence-electron chi connectivity index (χ2n) is 4.94. The zero-order valence-electron chi connectivity index (χ0n) is 11.0. The zero-order chi connectivity index (χ0) is 13.5. The Hall–Kier alpha value is -1.03. The van der Waals surface area contributed by atoms with Crippen molar-refractivity contribution in [1.29, 1.82) is 0 Å². The molecule has 0 heterocycles. The van der Waals surface area contributed by atoms with Crippen LogP contribution in [0.2, 0.25) is 0 Å². The van der Waals surface area contributed by atoms with E-state index < -0.39 is 0 Å². The summed E-state index contributed by atoms with van der Waals surface area (Å²) in [5, 5.41) is 3.53. The Bertz CT molecular complexity index is 401. The van der Waals surface area contributed by atoms with Gasteiger partial charge in [0.25, 0.3) is 0 Å². The Balaban J connectivity index is 1.65. The van der Waals surface area contributed by atoms with Gasteiger partial charge in [-0.25, -0.2) is 4.39 Å². The summed E-state index contributed by atoms with van der Waals surface area (Å²) < 4.78 is 12.7. The standard InChI is InChI=1S/C15H20FNOS/c16-12-6-8-13(9-7-12)17-15(18)10-11-19-14-4-2-1-3-5-14/h6-9,14H,1-5,10-11H2,(H,17,18). The van der Waals surface area contributed by atoms with E-state index in [0.29, 0.717) is 12.1 Å². The average Bonchev–Trinajstić information content (AvgIpc) is 2.43. The summed E-state index contributed by atoms with van der Waals surface area (Å²) in [5.74, 6) is 0.596. The Morgan fingerprint density at radius 1 is 1.21 bits per heavy atom. The van der Waals surface area contributed by atoms with Gasteiger partial charge >= 0.3 is 0 Å². The molecule has 1 saturated carbocycles. The predicted octanol–water partition coefficient (Wildman–Crippen LogP) is 4.22. The van der Waals surface area contributed by atoms with Gasteiger partial charge in [0, 0.05) is 23.1 Å². The van der Waals surface area contributed by atoms with Crippen LogP contribution in [0.1, 0.15) is 38.5 Å². The lowest BCUT2D eigenvalue weighted by Gasteiger charge is -2.20. The number of halogens is 1. The average molecular weight is 281 g/mol. The lowest BCUT2D eigenvalue weighted by atomic mass is 10.0. The molecule has 1 fully saturated rings. The normalized spacial score (nSPS) is 16.3. The predicted molar refractivity (Wildman–Crippen MR) is 79.0 cm³/mol. The Morgan fingerprint density at radius 3 is 2.58 bits per heavy atom. The molecule has 0 spiro atoms. The Kier molecular flexibility index (Phi) is 5.70. The van der Waals surface area contributed by atoms with Crippen LogP contribution in [-0.4, -0.2) is 16.9 Å². The first-order valence-corrected chi connectivity index (χ1v) is 7.96. The van der Waals surface area contributed by atoms with E-state index in [4.69, 9.17) is 0 Å². The van der Waals surface area contributed by atoms with Crippen molar-refractivity contribution < 1.29 is 9.18 Å². The molecular weight excluding hydrogens is 261 g/mol. The lowest BCUT2D eigenvalue weighted by molar-refractivity contribution is -0.115. The second kappa shape index (κ2) is 7.53. The number of nitrogens with one attached hydrogen (secondary N) is 1. The van der Waals surface area contributed by atoms with E-state index in [0.717, 1.165) is 11.0 Å². The van der Waals surface area contributed by atoms with Crippen LogP contribution in [-0.2, 0) is 4.79 Å². The molecule has 19 heavy (non-hydrogen) atoms. The van der Waals surface area contributed by atoms with Crippen molar-refractivity contribution in [3.05, 3.63) is 30.1 Å². The lowest BCUT2D eigenvalue weighted by Crippen LogP contribution is -2.14. The van der Waals surface area contributed by atoms with Gasteiger partial charge in [-0.3, -0.25) is 4.79 Å². The highest BCUT2D eigenvalue weighted by Gasteiger charge is 2.14. The fourth-order valence-corrected chi connectivity index (χ4v) is 3.61. The molecule has 1 aromatic carbocycles. The maximum Gasteiger partial charge on any atom is 0.225 e. The van der Waals surface area contributed by atoms with Crippen LogP contribution in [0.25, 0.3) is 0 Å². The van der Waals surface area contributed by atoms with Gasteiger partial charge in [-0.1, -0.05) is 19.3 Å². The number of rotatable bonds is 5. The monoisotopic (exact) mass is 281 g/mol. The van der Waals surface area contributed by atoms with Crippen molar-refractivity contribution >= 4 is 23.4 Å². The number of hydrogen-bond donors (Lipinski definition) is 1. The number of amides is 1. The van der Waals surface area contributed by atoms with Crippen molar-refractivity contribution in [2.75, 3.05) is 11.1 Å². The third-order valence-electron chi connectivity index (χ3n) is 3.36. The molecule has 1 aromatic rings. The van der Waals surface area contributed by atoms with E-state index in [1.165, 1.54) is 44.2 Å². The largest absolute Gasteiger partial charge is 0.326 e. The zero-order valence-corrected chi connectivity index (χ0v) is 11.8. The molecule has 0 radical (unpaired) electrons. The number of thioether (sulfide) groups is 1. The minimum Gasteiger partial charge on any atom is -0.326 e. The first-order valence-electron chi connectivity index (χ1n) is 6.91. The first kappa shape index (κ1) is 14.4. The van der Waals surface area contributed by atoms with E-state index in [1.54, 1.807) is 12.1 Å². The second-order valence-corrected chi connectivity index (χ2v) is 6.34. The highest BCUT2D eigenvalue weighted by atomic mass is 32.2. The van der Waals surface area contributed by atoms with Gasteiger partial charge in [0.15, 0.2) is 0 Å². The van der Waals surface area contributed by atoms with E-state index in [-0.39, 0.29) is 11.7 Å². The summed E-state index contributed by atoms with van der Waals surface area (Å²) in [5.41, 5.74) is 0.661. The number of anilines is 1. The maximum absolute atomic E-state index is 12.7. The molecule has 1 N–H and O–H groups in total. The van der Waals surface area contributed by atoms with Gasteiger partial charge in [0.05, 0.1) is 0 Å². The van der Waals surface area contributed by atoms with E-state index in [9.17, 15) is 9.18 Å². The molecule has 1 aliphatic carbocycles. The Morgan fingerprint density at radius 2 is 1.89 bits per heavy atom. The van der Waals surface area contributed by atoms with E-state index in [1.807, 2.05) is 11.8 Å². The van der Waals surface area contributed by atoms with Gasteiger partial charge in [-0.15, -0.1) is 0 Å². The summed E-state index contributed by atoms with van der Waals surface area (Å²) in [4.78, 5) is 11.7. The van der Waals surface area contributed by atoms with Crippen molar-refractivity contribution in [1.82, 2.24) is 0 Å². The number of benzene rings is 1. The third kappa shape index (κ3) is 5.23. The molecular formula is C15H20FNOS. The summed E-state index contributed by atoms with van der Waals surface area (Å²) in [6, 6.07) is 5.88. The number of carbonyl (C=O) groups excluding carboxylic acids is 1. The molecule has 2 nitrogen and oxygen atoms in total. The minimum atomic E-state index is -0.286. The quantitative estimate of drug-likeness (QED) is 0.875. The fraction of sp³-hybridized carbons (Fsp3) is 0.533. The topological polar surface area (TPSA) is 29.1 Å². The van der Waals surface area contributed by atoms with Gasteiger partial charge in [-0.05, 0) is 37.1 Å². The summed E-state index contributed by atoms with van der Waals surface area (Å²) in [6.07, 6.45) is 7.15. The molecule has 0 aliphatic heterocycles. The van der Waals surface area contributed by atoms with E-state index in [2.05, 4.69) is 5.32 Å². The molecule has 0 saturated heterocycles. The van der Waals surface area contributed by atoms with Crippen LogP contribution in [0.15, 0.2) is 24.3 Å². The Labute approximate surface area is 118 Å². The number of hydrogen-bond acceptors (Lipinski definition) is 2. The van der Waals surface area contributed by atoms with Crippen LogP contribution in [0.4, 0.5) is 10.1 Å². The first-order chi connectivity index (χ1) is 9.24. The highest BCUT2D eigenvalue weighted by molar-refractivity contribution is 7.99. The molecule has 4 heteroatoms.